The molecule has 19 heavy (non-hydrogen) atoms. The van der Waals surface area contributed by atoms with E-state index in [4.69, 9.17) is 0 Å². The minimum Gasteiger partial charge on any atom is -0.161 e. The summed E-state index contributed by atoms with van der Waals surface area (Å²) in [5.74, 6) is 0.673. The second kappa shape index (κ2) is 4.93. The van der Waals surface area contributed by atoms with Crippen LogP contribution in [-0.2, 0) is 0 Å². The smallest absolute Gasteiger partial charge is 0.161 e. The normalized spacial score (nSPS) is 11.1. The molecule has 3 aromatic rings. The van der Waals surface area contributed by atoms with Crippen LogP contribution in [0.3, 0.4) is 0 Å². The summed E-state index contributed by atoms with van der Waals surface area (Å²) in [4.78, 5) is 2.88. The van der Waals surface area contributed by atoms with Crippen molar-refractivity contribution in [2.45, 2.75) is 19.9 Å². The first-order chi connectivity index (χ1) is 9.24. The van der Waals surface area contributed by atoms with E-state index >= 15 is 0 Å². The molecule has 0 radical (unpaired) electrons. The Kier molecular flexibility index (Phi) is 3.13. The predicted octanol–water partition coefficient (Wildman–Crippen LogP) is 3.65. The molecule has 2 heterocycles. The lowest BCUT2D eigenvalue weighted by atomic mass is 10.1. The molecule has 0 N–H and O–H groups in total. The number of tetrazole rings is 1. The quantitative estimate of drug-likeness (QED) is 0.729. The molecule has 0 unspecified atom stereocenters. The second-order valence-corrected chi connectivity index (χ2v) is 5.53. The largest absolute Gasteiger partial charge is 0.204 e. The van der Waals surface area contributed by atoms with E-state index in [9.17, 15) is 0 Å². The number of hydrogen-bond donors (Lipinski definition) is 0. The van der Waals surface area contributed by atoms with Crippen LogP contribution in [0.1, 0.15) is 19.9 Å². The fraction of sp³-hybridized carbons (Fsp3) is 0.214. The van der Waals surface area contributed by atoms with E-state index in [1.165, 1.54) is 10.4 Å². The van der Waals surface area contributed by atoms with Crippen molar-refractivity contribution in [3.63, 3.8) is 0 Å². The lowest BCUT2D eigenvalue weighted by Crippen LogP contribution is -2.04. The van der Waals surface area contributed by atoms with Gasteiger partial charge in [-0.3, -0.25) is 0 Å². The van der Waals surface area contributed by atoms with Gasteiger partial charge in [0, 0.05) is 10.4 Å². The third-order valence-electron chi connectivity index (χ3n) is 2.82. The molecule has 0 amide bonds. The van der Waals surface area contributed by atoms with Crippen molar-refractivity contribution < 1.29 is 0 Å². The van der Waals surface area contributed by atoms with Gasteiger partial charge in [0.15, 0.2) is 0 Å². The number of aromatic nitrogens is 4. The Hall–Kier alpha value is -2.01. The zero-order valence-corrected chi connectivity index (χ0v) is 11.6. The highest BCUT2D eigenvalue weighted by Crippen LogP contribution is 2.27. The fourth-order valence-electron chi connectivity index (χ4n) is 1.81. The van der Waals surface area contributed by atoms with Gasteiger partial charge in [0.1, 0.15) is 0 Å². The maximum Gasteiger partial charge on any atom is 0.204 e. The maximum atomic E-state index is 4.40. The molecular formula is C14H14N4S. The molecule has 0 aliphatic carbocycles. The Labute approximate surface area is 115 Å². The van der Waals surface area contributed by atoms with Crippen LogP contribution in [0.5, 0.6) is 0 Å². The van der Waals surface area contributed by atoms with Crippen LogP contribution in [0.2, 0.25) is 0 Å². The molecule has 0 saturated heterocycles. The molecule has 0 bridgehead atoms. The van der Waals surface area contributed by atoms with E-state index in [-0.39, 0.29) is 6.04 Å². The second-order valence-electron chi connectivity index (χ2n) is 4.59. The summed E-state index contributed by atoms with van der Waals surface area (Å²) in [7, 11) is 0. The van der Waals surface area contributed by atoms with Gasteiger partial charge >= 0.3 is 0 Å². The Bertz CT molecular complexity index is 670. The molecule has 0 saturated carbocycles. The molecule has 5 heteroatoms. The van der Waals surface area contributed by atoms with E-state index in [2.05, 4.69) is 45.1 Å². The fourth-order valence-corrected chi connectivity index (χ4v) is 2.54. The van der Waals surface area contributed by atoms with Gasteiger partial charge in [-0.25, -0.2) is 0 Å². The van der Waals surface area contributed by atoms with E-state index in [1.54, 1.807) is 16.1 Å². The molecule has 0 fully saturated rings. The molecule has 0 aliphatic heterocycles. The monoisotopic (exact) mass is 270 g/mol. The van der Waals surface area contributed by atoms with Gasteiger partial charge in [-0.05, 0) is 42.1 Å². The van der Waals surface area contributed by atoms with Crippen molar-refractivity contribution in [1.29, 1.82) is 0 Å². The maximum absolute atomic E-state index is 4.40. The average Bonchev–Trinajstić information content (AvgIpc) is 3.10. The van der Waals surface area contributed by atoms with Crippen LogP contribution >= 0.6 is 11.3 Å². The Morgan fingerprint density at radius 3 is 2.63 bits per heavy atom. The van der Waals surface area contributed by atoms with E-state index in [0.29, 0.717) is 5.82 Å². The van der Waals surface area contributed by atoms with Crippen molar-refractivity contribution in [2.24, 2.45) is 0 Å². The third kappa shape index (κ3) is 2.42. The molecule has 96 valence electrons. The highest BCUT2D eigenvalue weighted by Gasteiger charge is 2.09. The molecule has 4 nitrogen and oxygen atoms in total. The van der Waals surface area contributed by atoms with Crippen LogP contribution in [0.4, 0.5) is 0 Å². The molecule has 2 aromatic heterocycles. The SMILES string of the molecule is CC(C)n1nnc(-c2cccc(-c3cccs3)c2)n1. The average molecular weight is 270 g/mol. The van der Waals surface area contributed by atoms with Crippen molar-refractivity contribution in [1.82, 2.24) is 20.2 Å². The molecule has 0 spiro atoms. The van der Waals surface area contributed by atoms with E-state index in [1.807, 2.05) is 26.0 Å². The van der Waals surface area contributed by atoms with Crippen LogP contribution < -0.4 is 0 Å². The predicted molar refractivity (Wildman–Crippen MR) is 77.0 cm³/mol. The summed E-state index contributed by atoms with van der Waals surface area (Å²) in [6, 6.07) is 12.6. The van der Waals surface area contributed by atoms with Crippen LogP contribution in [0.25, 0.3) is 21.8 Å². The molecule has 0 aliphatic rings. The highest BCUT2D eigenvalue weighted by molar-refractivity contribution is 7.13. The van der Waals surface area contributed by atoms with Gasteiger partial charge in [0.2, 0.25) is 5.82 Å². The van der Waals surface area contributed by atoms with Crippen molar-refractivity contribution in [2.75, 3.05) is 0 Å². The van der Waals surface area contributed by atoms with Gasteiger partial charge < -0.3 is 0 Å². The molecule has 1 aromatic carbocycles. The molecular weight excluding hydrogens is 256 g/mol. The lowest BCUT2D eigenvalue weighted by molar-refractivity contribution is 0.455. The van der Waals surface area contributed by atoms with Gasteiger partial charge in [0.25, 0.3) is 0 Å². The molecule has 0 atom stereocenters. The lowest BCUT2D eigenvalue weighted by Gasteiger charge is -2.01. The van der Waals surface area contributed by atoms with Gasteiger partial charge in [-0.1, -0.05) is 24.3 Å². The van der Waals surface area contributed by atoms with E-state index < -0.39 is 0 Å². The third-order valence-corrected chi connectivity index (χ3v) is 3.74. The summed E-state index contributed by atoms with van der Waals surface area (Å²) in [6.07, 6.45) is 0. The minimum absolute atomic E-state index is 0.224. The summed E-state index contributed by atoms with van der Waals surface area (Å²) < 4.78 is 0. The summed E-state index contributed by atoms with van der Waals surface area (Å²) in [5, 5.41) is 14.7. The Morgan fingerprint density at radius 2 is 1.95 bits per heavy atom. The van der Waals surface area contributed by atoms with Gasteiger partial charge in [0.05, 0.1) is 6.04 Å². The number of benzene rings is 1. The first-order valence-electron chi connectivity index (χ1n) is 6.18. The van der Waals surface area contributed by atoms with Crippen molar-refractivity contribution >= 4 is 11.3 Å². The first-order valence-corrected chi connectivity index (χ1v) is 7.06. The summed E-state index contributed by atoms with van der Waals surface area (Å²) >= 11 is 1.73. The number of nitrogens with zero attached hydrogens (tertiary/aromatic N) is 4. The topological polar surface area (TPSA) is 43.6 Å². The van der Waals surface area contributed by atoms with Gasteiger partial charge in [-0.2, -0.15) is 4.80 Å². The number of hydrogen-bond acceptors (Lipinski definition) is 4. The Balaban J connectivity index is 1.99. The minimum atomic E-state index is 0.224. The Morgan fingerprint density at radius 1 is 1.11 bits per heavy atom. The highest BCUT2D eigenvalue weighted by atomic mass is 32.1. The number of rotatable bonds is 3. The van der Waals surface area contributed by atoms with Crippen LogP contribution in [-0.4, -0.2) is 20.2 Å². The summed E-state index contributed by atoms with van der Waals surface area (Å²) in [6.45, 7) is 4.07. The summed E-state index contributed by atoms with van der Waals surface area (Å²) in [5.41, 5.74) is 2.19. The van der Waals surface area contributed by atoms with Crippen molar-refractivity contribution in [3.05, 3.63) is 41.8 Å². The molecule has 3 rings (SSSR count). The van der Waals surface area contributed by atoms with Gasteiger partial charge in [-0.15, -0.1) is 21.5 Å². The van der Waals surface area contributed by atoms with Crippen LogP contribution in [0, 0.1) is 0 Å². The zero-order chi connectivity index (χ0) is 13.2. The van der Waals surface area contributed by atoms with Crippen LogP contribution in [0.15, 0.2) is 41.8 Å². The number of thiophene rings is 1. The van der Waals surface area contributed by atoms with Crippen molar-refractivity contribution in [3.8, 4) is 21.8 Å². The standard InChI is InChI=1S/C14H14N4S/c1-10(2)18-16-14(15-17-18)12-6-3-5-11(9-12)13-7-4-8-19-13/h3-10H,1-2H3. The first kappa shape index (κ1) is 12.0. The van der Waals surface area contributed by atoms with E-state index in [0.717, 1.165) is 5.56 Å². The zero-order valence-electron chi connectivity index (χ0n) is 10.8.